The van der Waals surface area contributed by atoms with Crippen LogP contribution in [0.4, 0.5) is 0 Å². The Morgan fingerprint density at radius 2 is 2.04 bits per heavy atom. The number of pyridine rings is 1. The molecule has 6 nitrogen and oxygen atoms in total. The van der Waals surface area contributed by atoms with Crippen molar-refractivity contribution in [1.29, 1.82) is 0 Å². The summed E-state index contributed by atoms with van der Waals surface area (Å²) < 4.78 is 12.5. The SMILES string of the molecule is COc1ccc(Br)c(C(=O)OCc2cc(=O)n3c(C)cccc3n2)c1. The molecule has 0 spiro atoms. The monoisotopic (exact) mass is 402 g/mol. The molecule has 0 unspecified atom stereocenters. The molecule has 0 saturated heterocycles. The van der Waals surface area contributed by atoms with Crippen molar-refractivity contribution in [3.63, 3.8) is 0 Å². The van der Waals surface area contributed by atoms with E-state index in [1.165, 1.54) is 17.6 Å². The maximum absolute atomic E-state index is 12.3. The van der Waals surface area contributed by atoms with Gasteiger partial charge in [-0.3, -0.25) is 9.20 Å². The van der Waals surface area contributed by atoms with Gasteiger partial charge in [-0.15, -0.1) is 0 Å². The van der Waals surface area contributed by atoms with Crippen molar-refractivity contribution in [2.75, 3.05) is 7.11 Å². The van der Waals surface area contributed by atoms with E-state index in [4.69, 9.17) is 9.47 Å². The molecule has 7 heteroatoms. The molecule has 0 atom stereocenters. The van der Waals surface area contributed by atoms with Crippen LogP contribution in [0, 0.1) is 6.92 Å². The van der Waals surface area contributed by atoms with E-state index >= 15 is 0 Å². The van der Waals surface area contributed by atoms with E-state index in [1.54, 1.807) is 24.3 Å². The van der Waals surface area contributed by atoms with Crippen LogP contribution in [0.2, 0.25) is 0 Å². The normalized spacial score (nSPS) is 10.7. The van der Waals surface area contributed by atoms with Gasteiger partial charge in [-0.2, -0.15) is 0 Å². The van der Waals surface area contributed by atoms with Crippen LogP contribution in [-0.4, -0.2) is 22.5 Å². The number of fused-ring (bicyclic) bond motifs is 1. The maximum atomic E-state index is 12.3. The average Bonchev–Trinajstić information content (AvgIpc) is 2.60. The van der Waals surface area contributed by atoms with E-state index in [0.717, 1.165) is 5.69 Å². The van der Waals surface area contributed by atoms with Crippen LogP contribution in [0.5, 0.6) is 5.75 Å². The fraction of sp³-hybridized carbons (Fsp3) is 0.167. The second kappa shape index (κ2) is 7.06. The van der Waals surface area contributed by atoms with Crippen LogP contribution >= 0.6 is 15.9 Å². The lowest BCUT2D eigenvalue weighted by atomic mass is 10.2. The summed E-state index contributed by atoms with van der Waals surface area (Å²) in [5, 5.41) is 0. The van der Waals surface area contributed by atoms with E-state index < -0.39 is 5.97 Å². The van der Waals surface area contributed by atoms with Crippen LogP contribution in [0.3, 0.4) is 0 Å². The second-order valence-corrected chi connectivity index (χ2v) is 6.22. The van der Waals surface area contributed by atoms with Crippen molar-refractivity contribution >= 4 is 27.5 Å². The third-order valence-corrected chi connectivity index (χ3v) is 4.37. The third-order valence-electron chi connectivity index (χ3n) is 3.68. The molecule has 0 amide bonds. The van der Waals surface area contributed by atoms with Crippen molar-refractivity contribution in [2.24, 2.45) is 0 Å². The zero-order valence-electron chi connectivity index (χ0n) is 13.7. The van der Waals surface area contributed by atoms with Gasteiger partial charge in [0.2, 0.25) is 0 Å². The van der Waals surface area contributed by atoms with Gasteiger partial charge >= 0.3 is 5.97 Å². The van der Waals surface area contributed by atoms with E-state index in [-0.39, 0.29) is 12.2 Å². The van der Waals surface area contributed by atoms with E-state index in [1.807, 2.05) is 19.1 Å². The fourth-order valence-electron chi connectivity index (χ4n) is 2.44. The molecule has 128 valence electrons. The Labute approximate surface area is 152 Å². The highest BCUT2D eigenvalue weighted by molar-refractivity contribution is 9.10. The molecule has 3 aromatic rings. The maximum Gasteiger partial charge on any atom is 0.339 e. The number of hydrogen-bond acceptors (Lipinski definition) is 5. The number of aromatic nitrogens is 2. The summed E-state index contributed by atoms with van der Waals surface area (Å²) >= 11 is 3.31. The molecule has 2 heterocycles. The summed E-state index contributed by atoms with van der Waals surface area (Å²) in [5.41, 5.74) is 1.83. The van der Waals surface area contributed by atoms with Crippen molar-refractivity contribution in [2.45, 2.75) is 13.5 Å². The van der Waals surface area contributed by atoms with Crippen LogP contribution in [0.25, 0.3) is 5.65 Å². The Balaban J connectivity index is 1.83. The average molecular weight is 403 g/mol. The van der Waals surface area contributed by atoms with Crippen LogP contribution in [0.1, 0.15) is 21.7 Å². The largest absolute Gasteiger partial charge is 0.497 e. The summed E-state index contributed by atoms with van der Waals surface area (Å²) in [6.45, 7) is 1.73. The molecule has 0 fully saturated rings. The van der Waals surface area contributed by atoms with Gasteiger partial charge in [-0.25, -0.2) is 9.78 Å². The minimum atomic E-state index is -0.531. The zero-order chi connectivity index (χ0) is 18.0. The highest BCUT2D eigenvalue weighted by Crippen LogP contribution is 2.23. The first-order valence-electron chi connectivity index (χ1n) is 7.48. The third kappa shape index (κ3) is 3.56. The Bertz CT molecular complexity index is 1010. The molecule has 0 saturated carbocycles. The number of carbonyl (C=O) groups excluding carboxylic acids is 1. The lowest BCUT2D eigenvalue weighted by Crippen LogP contribution is -2.18. The van der Waals surface area contributed by atoms with Crippen LogP contribution in [-0.2, 0) is 11.3 Å². The standard InChI is InChI=1S/C18H15BrN2O4/c1-11-4-3-5-16-20-12(8-17(22)21(11)16)10-25-18(23)14-9-13(24-2)6-7-15(14)19/h3-9H,10H2,1-2H3. The molecule has 1 aromatic carbocycles. The molecule has 2 aromatic heterocycles. The van der Waals surface area contributed by atoms with E-state index in [0.29, 0.717) is 27.1 Å². The summed E-state index contributed by atoms with van der Waals surface area (Å²) in [6.07, 6.45) is 0. The smallest absolute Gasteiger partial charge is 0.339 e. The van der Waals surface area contributed by atoms with Gasteiger partial charge in [0.05, 0.1) is 18.4 Å². The number of rotatable bonds is 4. The Morgan fingerprint density at radius 1 is 1.24 bits per heavy atom. The molecule has 25 heavy (non-hydrogen) atoms. The number of carbonyl (C=O) groups is 1. The van der Waals surface area contributed by atoms with Gasteiger partial charge in [0.25, 0.3) is 5.56 Å². The summed E-state index contributed by atoms with van der Waals surface area (Å²) in [4.78, 5) is 28.9. The quantitative estimate of drug-likeness (QED) is 0.626. The van der Waals surface area contributed by atoms with Gasteiger partial charge in [0.15, 0.2) is 0 Å². The summed E-state index contributed by atoms with van der Waals surface area (Å²) in [6, 6.07) is 11.8. The number of esters is 1. The second-order valence-electron chi connectivity index (χ2n) is 5.37. The molecule has 0 aliphatic carbocycles. The number of methoxy groups -OCH3 is 1. The number of hydrogen-bond donors (Lipinski definition) is 0. The number of halogens is 1. The van der Waals surface area contributed by atoms with E-state index in [9.17, 15) is 9.59 Å². The minimum absolute atomic E-state index is 0.0951. The topological polar surface area (TPSA) is 69.9 Å². The molecule has 0 aliphatic heterocycles. The molecule has 3 rings (SSSR count). The fourth-order valence-corrected chi connectivity index (χ4v) is 2.85. The Kier molecular flexibility index (Phi) is 4.85. The number of nitrogens with zero attached hydrogens (tertiary/aromatic N) is 2. The minimum Gasteiger partial charge on any atom is -0.497 e. The number of ether oxygens (including phenoxy) is 2. The molecule has 0 bridgehead atoms. The highest BCUT2D eigenvalue weighted by atomic mass is 79.9. The van der Waals surface area contributed by atoms with Crippen molar-refractivity contribution in [3.05, 3.63) is 74.2 Å². The summed E-state index contributed by atoms with van der Waals surface area (Å²) in [7, 11) is 1.52. The first kappa shape index (κ1) is 17.2. The molecular weight excluding hydrogens is 388 g/mol. The Morgan fingerprint density at radius 3 is 2.80 bits per heavy atom. The lowest BCUT2D eigenvalue weighted by molar-refractivity contribution is 0.0466. The molecule has 0 aliphatic rings. The van der Waals surface area contributed by atoms with E-state index in [2.05, 4.69) is 20.9 Å². The van der Waals surface area contributed by atoms with Crippen LogP contribution < -0.4 is 10.3 Å². The number of benzene rings is 1. The Hall–Kier alpha value is -2.67. The van der Waals surface area contributed by atoms with Crippen molar-refractivity contribution in [1.82, 2.24) is 9.38 Å². The first-order valence-corrected chi connectivity index (χ1v) is 8.28. The zero-order valence-corrected chi connectivity index (χ0v) is 15.2. The van der Waals surface area contributed by atoms with Gasteiger partial charge in [0, 0.05) is 16.2 Å². The highest BCUT2D eigenvalue weighted by Gasteiger charge is 2.14. The predicted octanol–water partition coefficient (Wildman–Crippen LogP) is 3.13. The molecule has 0 N–H and O–H groups in total. The molecular formula is C18H15BrN2O4. The van der Waals surface area contributed by atoms with Gasteiger partial charge in [0.1, 0.15) is 18.0 Å². The summed E-state index contributed by atoms with van der Waals surface area (Å²) in [5.74, 6) is 0.0183. The van der Waals surface area contributed by atoms with Crippen LogP contribution in [0.15, 0.2) is 51.7 Å². The van der Waals surface area contributed by atoms with Crippen molar-refractivity contribution < 1.29 is 14.3 Å². The van der Waals surface area contributed by atoms with Gasteiger partial charge in [-0.1, -0.05) is 6.07 Å². The van der Waals surface area contributed by atoms with Gasteiger partial charge in [-0.05, 0) is 53.2 Å². The van der Waals surface area contributed by atoms with Crippen molar-refractivity contribution in [3.8, 4) is 5.75 Å². The number of aryl methyl sites for hydroxylation is 1. The molecule has 0 radical (unpaired) electrons. The first-order chi connectivity index (χ1) is 12.0. The lowest BCUT2D eigenvalue weighted by Gasteiger charge is -2.09. The predicted molar refractivity (Wildman–Crippen MR) is 96.0 cm³/mol. The van der Waals surface area contributed by atoms with Gasteiger partial charge < -0.3 is 9.47 Å².